The lowest BCUT2D eigenvalue weighted by atomic mass is 10.1. The quantitative estimate of drug-likeness (QED) is 0.641. The van der Waals surface area contributed by atoms with E-state index in [2.05, 4.69) is 12.2 Å². The molecule has 0 heterocycles. The van der Waals surface area contributed by atoms with Gasteiger partial charge in [-0.1, -0.05) is 37.4 Å². The van der Waals surface area contributed by atoms with Crippen molar-refractivity contribution in [2.75, 3.05) is 0 Å². The van der Waals surface area contributed by atoms with Gasteiger partial charge >= 0.3 is 5.69 Å². The predicted molar refractivity (Wildman–Crippen MR) is 74.6 cm³/mol. The maximum Gasteiger partial charge on any atom is 0.300 e. The molecule has 1 amide bonds. The number of nitro groups is 1. The minimum absolute atomic E-state index is 0.000786. The zero-order chi connectivity index (χ0) is 14.4. The SMILES string of the molecule is CCCCC(C)NC(=O)c1cccc(Cl)c1[N+](=O)[O-]. The maximum absolute atomic E-state index is 12.0. The number of benzene rings is 1. The van der Waals surface area contributed by atoms with Crippen molar-refractivity contribution in [3.05, 3.63) is 38.9 Å². The van der Waals surface area contributed by atoms with Crippen LogP contribution in [0.2, 0.25) is 5.02 Å². The summed E-state index contributed by atoms with van der Waals surface area (Å²) >= 11 is 5.77. The Bertz CT molecular complexity index is 477. The summed E-state index contributed by atoms with van der Waals surface area (Å²) in [7, 11) is 0. The molecule has 0 aliphatic carbocycles. The number of nitro benzene ring substituents is 1. The first kappa shape index (κ1) is 15.4. The van der Waals surface area contributed by atoms with Crippen LogP contribution < -0.4 is 5.32 Å². The van der Waals surface area contributed by atoms with E-state index in [1.165, 1.54) is 18.2 Å². The monoisotopic (exact) mass is 284 g/mol. The molecule has 6 heteroatoms. The Kier molecular flexibility index (Phi) is 5.76. The van der Waals surface area contributed by atoms with Gasteiger partial charge in [0.25, 0.3) is 5.91 Å². The average Bonchev–Trinajstić information content (AvgIpc) is 2.35. The molecule has 0 bridgehead atoms. The molecule has 1 unspecified atom stereocenters. The lowest BCUT2D eigenvalue weighted by molar-refractivity contribution is -0.385. The fraction of sp³-hybridized carbons (Fsp3) is 0.462. The molecule has 0 fully saturated rings. The molecule has 19 heavy (non-hydrogen) atoms. The summed E-state index contributed by atoms with van der Waals surface area (Å²) in [6, 6.07) is 4.31. The van der Waals surface area contributed by atoms with Crippen molar-refractivity contribution >= 4 is 23.2 Å². The van der Waals surface area contributed by atoms with Gasteiger partial charge in [-0.05, 0) is 25.5 Å². The number of unbranched alkanes of at least 4 members (excludes halogenated alkanes) is 1. The number of hydrogen-bond acceptors (Lipinski definition) is 3. The number of halogens is 1. The van der Waals surface area contributed by atoms with E-state index < -0.39 is 10.8 Å². The molecule has 0 radical (unpaired) electrons. The molecular formula is C13H17ClN2O3. The largest absolute Gasteiger partial charge is 0.349 e. The number of carbonyl (C=O) groups excluding carboxylic acids is 1. The van der Waals surface area contributed by atoms with Gasteiger partial charge in [0.15, 0.2) is 0 Å². The van der Waals surface area contributed by atoms with Gasteiger partial charge in [0, 0.05) is 6.04 Å². The van der Waals surface area contributed by atoms with Gasteiger partial charge in [0.05, 0.1) is 4.92 Å². The summed E-state index contributed by atoms with van der Waals surface area (Å²) in [6.07, 6.45) is 2.88. The van der Waals surface area contributed by atoms with Crippen LogP contribution in [-0.2, 0) is 0 Å². The number of rotatable bonds is 6. The zero-order valence-corrected chi connectivity index (χ0v) is 11.7. The van der Waals surface area contributed by atoms with E-state index in [1.54, 1.807) is 0 Å². The zero-order valence-electron chi connectivity index (χ0n) is 11.0. The summed E-state index contributed by atoms with van der Waals surface area (Å²) in [5.74, 6) is -0.460. The first-order valence-electron chi connectivity index (χ1n) is 6.21. The number of amides is 1. The molecule has 1 aromatic rings. The van der Waals surface area contributed by atoms with Crippen molar-refractivity contribution in [2.45, 2.75) is 39.2 Å². The van der Waals surface area contributed by atoms with E-state index in [1.807, 2.05) is 6.92 Å². The molecule has 1 aromatic carbocycles. The van der Waals surface area contributed by atoms with Gasteiger partial charge in [-0.15, -0.1) is 0 Å². The lowest BCUT2D eigenvalue weighted by Crippen LogP contribution is -2.32. The van der Waals surface area contributed by atoms with Crippen molar-refractivity contribution in [3.8, 4) is 0 Å². The van der Waals surface area contributed by atoms with Crippen LogP contribution in [0.5, 0.6) is 0 Å². The number of nitrogens with one attached hydrogen (secondary N) is 1. The summed E-state index contributed by atoms with van der Waals surface area (Å²) < 4.78 is 0. The van der Waals surface area contributed by atoms with E-state index in [0.29, 0.717) is 0 Å². The van der Waals surface area contributed by atoms with E-state index in [4.69, 9.17) is 11.6 Å². The Morgan fingerprint density at radius 3 is 2.79 bits per heavy atom. The van der Waals surface area contributed by atoms with Gasteiger partial charge in [-0.3, -0.25) is 14.9 Å². The summed E-state index contributed by atoms with van der Waals surface area (Å²) in [5.41, 5.74) is -0.342. The molecule has 1 N–H and O–H groups in total. The van der Waals surface area contributed by atoms with Crippen LogP contribution in [0.3, 0.4) is 0 Å². The summed E-state index contributed by atoms with van der Waals surface area (Å²) in [4.78, 5) is 22.3. The van der Waals surface area contributed by atoms with Crippen molar-refractivity contribution in [1.82, 2.24) is 5.32 Å². The highest BCUT2D eigenvalue weighted by molar-refractivity contribution is 6.33. The highest BCUT2D eigenvalue weighted by Crippen LogP contribution is 2.28. The van der Waals surface area contributed by atoms with E-state index in [-0.39, 0.29) is 22.3 Å². The molecule has 0 saturated carbocycles. The molecule has 0 aliphatic rings. The van der Waals surface area contributed by atoms with Gasteiger partial charge in [0.1, 0.15) is 10.6 Å². The Balaban J connectivity index is 2.88. The molecule has 0 saturated heterocycles. The van der Waals surface area contributed by atoms with E-state index >= 15 is 0 Å². The second-order valence-electron chi connectivity index (χ2n) is 4.41. The van der Waals surface area contributed by atoms with Crippen LogP contribution in [0.25, 0.3) is 0 Å². The third-order valence-corrected chi connectivity index (χ3v) is 3.09. The van der Waals surface area contributed by atoms with Crippen molar-refractivity contribution < 1.29 is 9.72 Å². The van der Waals surface area contributed by atoms with Crippen molar-refractivity contribution in [1.29, 1.82) is 0 Å². The van der Waals surface area contributed by atoms with Crippen LogP contribution in [0.4, 0.5) is 5.69 Å². The number of nitrogens with zero attached hydrogens (tertiary/aromatic N) is 1. The summed E-state index contributed by atoms with van der Waals surface area (Å²) in [6.45, 7) is 3.94. The standard InChI is InChI=1S/C13H17ClN2O3/c1-3-4-6-9(2)15-13(17)10-7-5-8-11(14)12(10)16(18)19/h5,7-9H,3-4,6H2,1-2H3,(H,15,17). The van der Waals surface area contributed by atoms with Crippen molar-refractivity contribution in [3.63, 3.8) is 0 Å². The summed E-state index contributed by atoms with van der Waals surface area (Å²) in [5, 5.41) is 13.7. The fourth-order valence-corrected chi connectivity index (χ4v) is 2.01. The number of para-hydroxylation sites is 1. The third-order valence-electron chi connectivity index (χ3n) is 2.78. The number of hydrogen-bond donors (Lipinski definition) is 1. The molecular weight excluding hydrogens is 268 g/mol. The van der Waals surface area contributed by atoms with Crippen molar-refractivity contribution in [2.24, 2.45) is 0 Å². The smallest absolute Gasteiger partial charge is 0.300 e. The first-order chi connectivity index (χ1) is 8.97. The van der Waals surface area contributed by atoms with Crippen LogP contribution in [-0.4, -0.2) is 16.9 Å². The maximum atomic E-state index is 12.0. The average molecular weight is 285 g/mol. The molecule has 1 rings (SSSR count). The Morgan fingerprint density at radius 2 is 2.21 bits per heavy atom. The normalized spacial score (nSPS) is 11.9. The second kappa shape index (κ2) is 7.09. The number of carbonyl (C=O) groups is 1. The van der Waals surface area contributed by atoms with E-state index in [9.17, 15) is 14.9 Å². The topological polar surface area (TPSA) is 72.2 Å². The van der Waals surface area contributed by atoms with Gasteiger partial charge < -0.3 is 5.32 Å². The molecule has 0 aromatic heterocycles. The third kappa shape index (κ3) is 4.21. The first-order valence-corrected chi connectivity index (χ1v) is 6.59. The fourth-order valence-electron chi connectivity index (χ4n) is 1.77. The molecule has 0 aliphatic heterocycles. The minimum atomic E-state index is -0.631. The molecule has 104 valence electrons. The molecule has 5 nitrogen and oxygen atoms in total. The Morgan fingerprint density at radius 1 is 1.53 bits per heavy atom. The van der Waals surface area contributed by atoms with Crippen LogP contribution in [0.15, 0.2) is 18.2 Å². The molecule has 1 atom stereocenters. The van der Waals surface area contributed by atoms with Crippen LogP contribution >= 0.6 is 11.6 Å². The van der Waals surface area contributed by atoms with Crippen LogP contribution in [0.1, 0.15) is 43.5 Å². The van der Waals surface area contributed by atoms with Gasteiger partial charge in [-0.2, -0.15) is 0 Å². The highest BCUT2D eigenvalue weighted by Gasteiger charge is 2.24. The molecule has 0 spiro atoms. The highest BCUT2D eigenvalue weighted by atomic mass is 35.5. The predicted octanol–water partition coefficient (Wildman–Crippen LogP) is 3.56. The minimum Gasteiger partial charge on any atom is -0.349 e. The Labute approximate surface area is 117 Å². The van der Waals surface area contributed by atoms with E-state index in [0.717, 1.165) is 19.3 Å². The van der Waals surface area contributed by atoms with Gasteiger partial charge in [-0.25, -0.2) is 0 Å². The second-order valence-corrected chi connectivity index (χ2v) is 4.82. The van der Waals surface area contributed by atoms with Crippen LogP contribution in [0, 0.1) is 10.1 Å². The Hall–Kier alpha value is -1.62. The lowest BCUT2D eigenvalue weighted by Gasteiger charge is -2.13. The van der Waals surface area contributed by atoms with Gasteiger partial charge in [0.2, 0.25) is 0 Å².